The van der Waals surface area contributed by atoms with Crippen molar-refractivity contribution in [1.82, 2.24) is 0 Å². The Kier molecular flexibility index (Phi) is 4.17. The summed E-state index contributed by atoms with van der Waals surface area (Å²) >= 11 is 0. The third-order valence-corrected chi connectivity index (χ3v) is 3.16. The highest BCUT2D eigenvalue weighted by Crippen LogP contribution is 2.21. The van der Waals surface area contributed by atoms with Gasteiger partial charge in [0.05, 0.1) is 6.04 Å². The standard InChI is InChI=1S/C16H18FNO/c1-11-8-9-14(10-15(11)17)19-12(2)16(18)13-6-4-3-5-7-13/h3-10,12,16H,18H2,1-2H3. The number of hydrogen-bond acceptors (Lipinski definition) is 2. The molecule has 0 bridgehead atoms. The van der Waals surface area contributed by atoms with Gasteiger partial charge in [0.25, 0.3) is 0 Å². The zero-order valence-electron chi connectivity index (χ0n) is 11.1. The first-order valence-corrected chi connectivity index (χ1v) is 6.31. The van der Waals surface area contributed by atoms with Gasteiger partial charge in [0, 0.05) is 6.07 Å². The van der Waals surface area contributed by atoms with Crippen LogP contribution < -0.4 is 10.5 Å². The summed E-state index contributed by atoms with van der Waals surface area (Å²) in [5, 5.41) is 0. The van der Waals surface area contributed by atoms with Gasteiger partial charge in [-0.25, -0.2) is 4.39 Å². The van der Waals surface area contributed by atoms with E-state index in [2.05, 4.69) is 0 Å². The molecule has 0 amide bonds. The van der Waals surface area contributed by atoms with E-state index in [4.69, 9.17) is 10.5 Å². The highest BCUT2D eigenvalue weighted by molar-refractivity contribution is 5.28. The van der Waals surface area contributed by atoms with Crippen molar-refractivity contribution in [3.63, 3.8) is 0 Å². The summed E-state index contributed by atoms with van der Waals surface area (Å²) in [5.41, 5.74) is 7.74. The molecule has 0 aromatic heterocycles. The third kappa shape index (κ3) is 3.32. The van der Waals surface area contributed by atoms with Crippen LogP contribution in [0.1, 0.15) is 24.1 Å². The summed E-state index contributed by atoms with van der Waals surface area (Å²) in [7, 11) is 0. The molecular formula is C16H18FNO. The van der Waals surface area contributed by atoms with Crippen molar-refractivity contribution in [2.75, 3.05) is 0 Å². The Morgan fingerprint density at radius 2 is 1.79 bits per heavy atom. The lowest BCUT2D eigenvalue weighted by atomic mass is 10.0. The topological polar surface area (TPSA) is 35.2 Å². The fourth-order valence-corrected chi connectivity index (χ4v) is 1.88. The molecule has 0 radical (unpaired) electrons. The maximum Gasteiger partial charge on any atom is 0.129 e. The molecule has 0 spiro atoms. The lowest BCUT2D eigenvalue weighted by molar-refractivity contribution is 0.190. The Hall–Kier alpha value is -1.87. The molecule has 3 heteroatoms. The molecule has 100 valence electrons. The molecule has 2 unspecified atom stereocenters. The molecule has 0 aliphatic rings. The van der Waals surface area contributed by atoms with Gasteiger partial charge < -0.3 is 10.5 Å². The second-order valence-electron chi connectivity index (χ2n) is 4.67. The van der Waals surface area contributed by atoms with Gasteiger partial charge in [0.2, 0.25) is 0 Å². The minimum absolute atomic E-state index is 0.232. The first-order chi connectivity index (χ1) is 9.08. The van der Waals surface area contributed by atoms with E-state index in [9.17, 15) is 4.39 Å². The first kappa shape index (κ1) is 13.6. The molecule has 0 saturated heterocycles. The van der Waals surface area contributed by atoms with Gasteiger partial charge in [-0.1, -0.05) is 36.4 Å². The van der Waals surface area contributed by atoms with E-state index in [1.807, 2.05) is 37.3 Å². The van der Waals surface area contributed by atoms with E-state index in [0.29, 0.717) is 11.3 Å². The summed E-state index contributed by atoms with van der Waals surface area (Å²) in [5.74, 6) is 0.236. The molecule has 0 saturated carbocycles. The molecule has 2 rings (SSSR count). The number of ether oxygens (including phenoxy) is 1. The average molecular weight is 259 g/mol. The van der Waals surface area contributed by atoms with Crippen molar-refractivity contribution in [1.29, 1.82) is 0 Å². The van der Waals surface area contributed by atoms with Crippen LogP contribution >= 0.6 is 0 Å². The smallest absolute Gasteiger partial charge is 0.129 e. The predicted octanol–water partition coefficient (Wildman–Crippen LogP) is 3.60. The maximum atomic E-state index is 13.4. The number of benzene rings is 2. The summed E-state index contributed by atoms with van der Waals surface area (Å²) < 4.78 is 19.1. The minimum Gasteiger partial charge on any atom is -0.489 e. The molecule has 19 heavy (non-hydrogen) atoms. The average Bonchev–Trinajstić information content (AvgIpc) is 2.43. The van der Waals surface area contributed by atoms with E-state index in [-0.39, 0.29) is 18.0 Å². The molecular weight excluding hydrogens is 241 g/mol. The molecule has 2 N–H and O–H groups in total. The highest BCUT2D eigenvalue weighted by atomic mass is 19.1. The summed E-state index contributed by atoms with van der Waals surface area (Å²) in [6, 6.07) is 14.3. The van der Waals surface area contributed by atoms with Crippen molar-refractivity contribution in [3.05, 3.63) is 65.5 Å². The third-order valence-electron chi connectivity index (χ3n) is 3.16. The molecule has 0 aliphatic carbocycles. The SMILES string of the molecule is Cc1ccc(OC(C)C(N)c2ccccc2)cc1F. The zero-order chi connectivity index (χ0) is 13.8. The Bertz CT molecular complexity index is 542. The van der Waals surface area contributed by atoms with E-state index < -0.39 is 0 Å². The lowest BCUT2D eigenvalue weighted by Crippen LogP contribution is -2.28. The molecule has 0 aliphatic heterocycles. The highest BCUT2D eigenvalue weighted by Gasteiger charge is 2.16. The van der Waals surface area contributed by atoms with Crippen LogP contribution in [0.5, 0.6) is 5.75 Å². The molecule has 2 atom stereocenters. The van der Waals surface area contributed by atoms with Gasteiger partial charge in [-0.3, -0.25) is 0 Å². The number of rotatable bonds is 4. The van der Waals surface area contributed by atoms with E-state index in [0.717, 1.165) is 5.56 Å². The van der Waals surface area contributed by atoms with E-state index >= 15 is 0 Å². The van der Waals surface area contributed by atoms with Gasteiger partial charge in [-0.05, 0) is 31.0 Å². The van der Waals surface area contributed by atoms with E-state index in [1.54, 1.807) is 19.1 Å². The van der Waals surface area contributed by atoms with Gasteiger partial charge >= 0.3 is 0 Å². The van der Waals surface area contributed by atoms with Crippen LogP contribution in [0.4, 0.5) is 4.39 Å². The van der Waals surface area contributed by atoms with Crippen LogP contribution in [0.2, 0.25) is 0 Å². The number of aryl methyl sites for hydroxylation is 1. The van der Waals surface area contributed by atoms with Crippen molar-refractivity contribution >= 4 is 0 Å². The van der Waals surface area contributed by atoms with Crippen LogP contribution in [0, 0.1) is 12.7 Å². The number of nitrogens with two attached hydrogens (primary N) is 1. The van der Waals surface area contributed by atoms with Crippen molar-refractivity contribution in [3.8, 4) is 5.75 Å². The molecule has 2 aromatic carbocycles. The van der Waals surface area contributed by atoms with Gasteiger partial charge in [-0.15, -0.1) is 0 Å². The Morgan fingerprint density at radius 3 is 2.42 bits per heavy atom. The number of halogens is 1. The number of hydrogen-bond donors (Lipinski definition) is 1. The quantitative estimate of drug-likeness (QED) is 0.910. The van der Waals surface area contributed by atoms with E-state index in [1.165, 1.54) is 6.07 Å². The van der Waals surface area contributed by atoms with Crippen molar-refractivity contribution < 1.29 is 9.13 Å². The Labute approximate surface area is 113 Å². The van der Waals surface area contributed by atoms with Crippen molar-refractivity contribution in [2.45, 2.75) is 26.0 Å². The molecule has 2 aromatic rings. The minimum atomic E-state index is -0.266. The second kappa shape index (κ2) is 5.85. The second-order valence-corrected chi connectivity index (χ2v) is 4.67. The van der Waals surface area contributed by atoms with Gasteiger partial charge in [0.15, 0.2) is 0 Å². The summed E-state index contributed by atoms with van der Waals surface area (Å²) in [4.78, 5) is 0. The normalized spacial score (nSPS) is 13.9. The zero-order valence-corrected chi connectivity index (χ0v) is 11.1. The van der Waals surface area contributed by atoms with Crippen LogP contribution in [-0.2, 0) is 0 Å². The largest absolute Gasteiger partial charge is 0.489 e. The van der Waals surface area contributed by atoms with Crippen LogP contribution in [0.3, 0.4) is 0 Å². The fraction of sp³-hybridized carbons (Fsp3) is 0.250. The molecule has 0 fully saturated rings. The maximum absolute atomic E-state index is 13.4. The Morgan fingerprint density at radius 1 is 1.11 bits per heavy atom. The van der Waals surface area contributed by atoms with Gasteiger partial charge in [-0.2, -0.15) is 0 Å². The monoisotopic (exact) mass is 259 g/mol. The van der Waals surface area contributed by atoms with Crippen molar-refractivity contribution in [2.24, 2.45) is 5.73 Å². The molecule has 0 heterocycles. The summed E-state index contributed by atoms with van der Waals surface area (Å²) in [6.45, 7) is 3.60. The fourth-order valence-electron chi connectivity index (χ4n) is 1.88. The first-order valence-electron chi connectivity index (χ1n) is 6.31. The Balaban J connectivity index is 2.08. The summed E-state index contributed by atoms with van der Waals surface area (Å²) in [6.07, 6.45) is -0.232. The lowest BCUT2D eigenvalue weighted by Gasteiger charge is -2.22. The van der Waals surface area contributed by atoms with Crippen LogP contribution in [0.25, 0.3) is 0 Å². The van der Waals surface area contributed by atoms with Crippen LogP contribution in [-0.4, -0.2) is 6.10 Å². The van der Waals surface area contributed by atoms with Crippen LogP contribution in [0.15, 0.2) is 48.5 Å². The van der Waals surface area contributed by atoms with Gasteiger partial charge in [0.1, 0.15) is 17.7 Å². The molecule has 2 nitrogen and oxygen atoms in total. The predicted molar refractivity (Wildman–Crippen MR) is 74.6 cm³/mol.